The number of aromatic nitrogens is 3. The van der Waals surface area contributed by atoms with Crippen LogP contribution in [0.2, 0.25) is 0 Å². The molecule has 0 aliphatic carbocycles. The van der Waals surface area contributed by atoms with Crippen molar-refractivity contribution in [1.29, 1.82) is 0 Å². The molecule has 6 heteroatoms. The van der Waals surface area contributed by atoms with E-state index in [9.17, 15) is 14.4 Å². The molecule has 2 heterocycles. The number of aromatic amines is 1. The third-order valence-corrected chi connectivity index (χ3v) is 3.14. The van der Waals surface area contributed by atoms with E-state index in [0.717, 1.165) is 4.57 Å². The third kappa shape index (κ3) is 2.45. The van der Waals surface area contributed by atoms with Crippen molar-refractivity contribution in [2.24, 2.45) is 7.05 Å². The standard InChI is InChI=1S/C14H19N3O3/c1-9-8-15-12-11(9)13(19)17(14(20)16(12)3)7-5-4-6-10(2)18/h8,15H,4-7H2,1-3H3/i2D3,6D2,8D. The van der Waals surface area contributed by atoms with Gasteiger partial charge in [-0.05, 0) is 32.2 Å². The molecule has 6 nitrogen and oxygen atoms in total. The summed E-state index contributed by atoms with van der Waals surface area (Å²) in [7, 11) is 1.44. The summed E-state index contributed by atoms with van der Waals surface area (Å²) in [6.07, 6.45) is -3.08. The monoisotopic (exact) mass is 283 g/mol. The van der Waals surface area contributed by atoms with Crippen molar-refractivity contribution in [2.45, 2.75) is 39.5 Å². The van der Waals surface area contributed by atoms with Crippen LogP contribution < -0.4 is 11.2 Å². The molecule has 0 unspecified atom stereocenters. The molecule has 0 amide bonds. The second-order valence-electron chi connectivity index (χ2n) is 4.51. The average molecular weight is 283 g/mol. The second kappa shape index (κ2) is 5.48. The lowest BCUT2D eigenvalue weighted by Crippen LogP contribution is -2.39. The molecule has 2 rings (SSSR count). The van der Waals surface area contributed by atoms with E-state index in [1.54, 1.807) is 6.92 Å². The molecule has 0 spiro atoms. The first-order valence-electron chi connectivity index (χ1n) is 9.12. The molecule has 0 radical (unpaired) electrons. The Morgan fingerprint density at radius 2 is 2.25 bits per heavy atom. The number of hydrogen-bond acceptors (Lipinski definition) is 3. The van der Waals surface area contributed by atoms with Gasteiger partial charge in [-0.15, -0.1) is 0 Å². The zero-order chi connectivity index (χ0) is 20.0. The first-order chi connectivity index (χ1) is 11.8. The smallest absolute Gasteiger partial charge is 0.332 e. The van der Waals surface area contributed by atoms with Crippen molar-refractivity contribution in [2.75, 3.05) is 0 Å². The van der Waals surface area contributed by atoms with Crippen LogP contribution in [0.15, 0.2) is 15.8 Å². The number of H-pyrrole nitrogens is 1. The predicted octanol–water partition coefficient (Wildman–Crippen LogP) is 1.10. The Labute approximate surface area is 124 Å². The Hall–Kier alpha value is -2.11. The van der Waals surface area contributed by atoms with Crippen LogP contribution in [0.25, 0.3) is 11.0 Å². The molecule has 2 aromatic rings. The summed E-state index contributed by atoms with van der Waals surface area (Å²) in [5, 5.41) is 0.193. The topological polar surface area (TPSA) is 76.9 Å². The van der Waals surface area contributed by atoms with Crippen LogP contribution in [0.5, 0.6) is 0 Å². The number of nitrogens with one attached hydrogen (secondary N) is 1. The Kier molecular flexibility index (Phi) is 2.26. The number of fused-ring (bicyclic) bond motifs is 1. The zero-order valence-corrected chi connectivity index (χ0v) is 11.2. The van der Waals surface area contributed by atoms with Crippen LogP contribution >= 0.6 is 0 Å². The Balaban J connectivity index is 2.33. The maximum atomic E-state index is 12.6. The molecular formula is C14H19N3O3. The van der Waals surface area contributed by atoms with Crippen molar-refractivity contribution in [3.8, 4) is 0 Å². The van der Waals surface area contributed by atoms with Gasteiger partial charge in [0.05, 0.1) is 6.76 Å². The van der Waals surface area contributed by atoms with Crippen molar-refractivity contribution in [1.82, 2.24) is 14.1 Å². The lowest BCUT2D eigenvalue weighted by Gasteiger charge is -2.08. The first kappa shape index (κ1) is 8.24. The van der Waals surface area contributed by atoms with Crippen molar-refractivity contribution >= 4 is 16.8 Å². The number of ketones is 1. The Morgan fingerprint density at radius 1 is 1.50 bits per heavy atom. The number of rotatable bonds is 5. The van der Waals surface area contributed by atoms with Crippen LogP contribution in [0, 0.1) is 6.92 Å². The summed E-state index contributed by atoms with van der Waals surface area (Å²) in [4.78, 5) is 39.3. The van der Waals surface area contributed by atoms with Gasteiger partial charge >= 0.3 is 5.69 Å². The van der Waals surface area contributed by atoms with Gasteiger partial charge in [-0.1, -0.05) is 0 Å². The highest BCUT2D eigenvalue weighted by Gasteiger charge is 2.13. The van der Waals surface area contributed by atoms with Gasteiger partial charge in [0.25, 0.3) is 5.56 Å². The first-order valence-corrected chi connectivity index (χ1v) is 6.12. The molecule has 0 atom stereocenters. The quantitative estimate of drug-likeness (QED) is 0.892. The second-order valence-corrected chi connectivity index (χ2v) is 4.51. The summed E-state index contributed by atoms with van der Waals surface area (Å²) in [5.41, 5.74) is -0.640. The molecule has 2 aromatic heterocycles. The van der Waals surface area contributed by atoms with Gasteiger partial charge < -0.3 is 9.78 Å². The van der Waals surface area contributed by atoms with E-state index in [-0.39, 0.29) is 30.2 Å². The third-order valence-electron chi connectivity index (χ3n) is 3.14. The number of Topliss-reactive ketones (excluding diaryl/α,β-unsaturated/α-hetero) is 1. The SMILES string of the molecule is [2H]c1[nH]c2c(c1C)c(=O)n(CCCC([2H])([2H])C(=O)C([2H])([2H])[2H])c(=O)n2C. The van der Waals surface area contributed by atoms with Gasteiger partial charge in [0.1, 0.15) is 11.4 Å². The highest BCUT2D eigenvalue weighted by Crippen LogP contribution is 2.10. The summed E-state index contributed by atoms with van der Waals surface area (Å²) in [5.74, 6) is -1.50. The highest BCUT2D eigenvalue weighted by atomic mass is 16.2. The number of carbonyl (C=O) groups is 1. The predicted molar refractivity (Wildman–Crippen MR) is 77.1 cm³/mol. The van der Waals surface area contributed by atoms with Crippen molar-refractivity contribution < 1.29 is 13.0 Å². The van der Waals surface area contributed by atoms with E-state index in [0.29, 0.717) is 5.56 Å². The van der Waals surface area contributed by atoms with Crippen LogP contribution in [0.1, 0.15) is 39.9 Å². The van der Waals surface area contributed by atoms with E-state index < -0.39 is 36.7 Å². The van der Waals surface area contributed by atoms with E-state index >= 15 is 0 Å². The lowest BCUT2D eigenvalue weighted by atomic mass is 10.2. The fourth-order valence-corrected chi connectivity index (χ4v) is 2.10. The van der Waals surface area contributed by atoms with Crippen molar-refractivity contribution in [3.63, 3.8) is 0 Å². The maximum Gasteiger partial charge on any atom is 0.332 e. The minimum absolute atomic E-state index is 0.0180. The largest absolute Gasteiger partial charge is 0.347 e. The van der Waals surface area contributed by atoms with Gasteiger partial charge in [0.15, 0.2) is 0 Å². The number of nitrogens with zero attached hydrogens (tertiary/aromatic N) is 2. The van der Waals surface area contributed by atoms with Gasteiger partial charge in [-0.3, -0.25) is 13.9 Å². The summed E-state index contributed by atoms with van der Waals surface area (Å²) in [6, 6.07) is 0. The summed E-state index contributed by atoms with van der Waals surface area (Å²) < 4.78 is 46.1. The molecule has 0 saturated heterocycles. The minimum Gasteiger partial charge on any atom is -0.347 e. The summed E-state index contributed by atoms with van der Waals surface area (Å²) >= 11 is 0. The normalized spacial score (nSPS) is 16.9. The molecule has 0 aliphatic rings. The summed E-state index contributed by atoms with van der Waals surface area (Å²) in [6.45, 7) is -1.65. The number of hydrogen-bond donors (Lipinski definition) is 1. The van der Waals surface area contributed by atoms with Crippen LogP contribution in [0.3, 0.4) is 0 Å². The van der Waals surface area contributed by atoms with Gasteiger partial charge in [-0.2, -0.15) is 0 Å². The molecular weight excluding hydrogens is 258 g/mol. The fraction of sp³-hybridized carbons (Fsp3) is 0.500. The molecule has 1 N–H and O–H groups in total. The Bertz CT molecular complexity index is 983. The van der Waals surface area contributed by atoms with Crippen LogP contribution in [-0.4, -0.2) is 19.9 Å². The van der Waals surface area contributed by atoms with E-state index in [1.807, 2.05) is 0 Å². The zero-order valence-electron chi connectivity index (χ0n) is 17.2. The molecule has 0 saturated carbocycles. The minimum atomic E-state index is -3.05. The van der Waals surface area contributed by atoms with Crippen molar-refractivity contribution in [3.05, 3.63) is 32.6 Å². The average Bonchev–Trinajstić information content (AvgIpc) is 2.82. The molecule has 20 heavy (non-hydrogen) atoms. The van der Waals surface area contributed by atoms with Gasteiger partial charge in [0.2, 0.25) is 0 Å². The van der Waals surface area contributed by atoms with Gasteiger partial charge in [-0.25, -0.2) is 4.79 Å². The fourth-order valence-electron chi connectivity index (χ4n) is 2.10. The Morgan fingerprint density at radius 3 is 2.95 bits per heavy atom. The molecule has 108 valence electrons. The van der Waals surface area contributed by atoms with Crippen LogP contribution in [-0.2, 0) is 18.4 Å². The van der Waals surface area contributed by atoms with E-state index in [4.69, 9.17) is 8.22 Å². The molecule has 0 aromatic carbocycles. The molecule has 0 bridgehead atoms. The number of aryl methyl sites for hydroxylation is 2. The highest BCUT2D eigenvalue weighted by molar-refractivity contribution is 5.78. The van der Waals surface area contributed by atoms with E-state index in [1.165, 1.54) is 11.6 Å². The van der Waals surface area contributed by atoms with E-state index in [2.05, 4.69) is 4.98 Å². The molecule has 0 aliphatic heterocycles. The maximum absolute atomic E-state index is 12.6. The van der Waals surface area contributed by atoms with Crippen LogP contribution in [0.4, 0.5) is 0 Å². The van der Waals surface area contributed by atoms with Gasteiger partial charge in [0, 0.05) is 33.0 Å². The lowest BCUT2D eigenvalue weighted by molar-refractivity contribution is -0.117. The number of carbonyl (C=O) groups excluding carboxylic acids is 1. The molecule has 0 fully saturated rings.